The van der Waals surface area contributed by atoms with Gasteiger partial charge in [-0.1, -0.05) is 101 Å². The molecule has 0 heterocycles. The molecule has 234 valence electrons. The molecule has 2 aliphatic carbocycles. The molecule has 0 amide bonds. The molecule has 0 aliphatic heterocycles. The van der Waals surface area contributed by atoms with Crippen LogP contribution in [0.25, 0.3) is 15.3 Å². The molecule has 2 aromatic rings. The van der Waals surface area contributed by atoms with Crippen molar-refractivity contribution in [1.82, 2.24) is 0 Å². The fraction of sp³-hybridized carbons (Fsp3) is 0.538. The van der Waals surface area contributed by atoms with Crippen molar-refractivity contribution in [1.29, 1.82) is 0 Å². The summed E-state index contributed by atoms with van der Waals surface area (Å²) in [5.41, 5.74) is -7.53. The van der Waals surface area contributed by atoms with E-state index in [0.29, 0.717) is 0 Å². The van der Waals surface area contributed by atoms with E-state index in [1.807, 2.05) is 0 Å². The van der Waals surface area contributed by atoms with Crippen LogP contribution < -0.4 is 5.30 Å². The molecule has 4 rings (SSSR count). The maximum Gasteiger partial charge on any atom is 1.00 e. The van der Waals surface area contributed by atoms with Crippen LogP contribution in [0.4, 0.5) is 26.3 Å². The number of benzene rings is 2. The minimum Gasteiger partial charge on any atom is -0.421 e. The van der Waals surface area contributed by atoms with Crippen molar-refractivity contribution in [2.75, 3.05) is 0 Å². The van der Waals surface area contributed by atoms with Gasteiger partial charge in [0, 0.05) is 0 Å². The fourth-order valence-electron chi connectivity index (χ4n) is 5.18. The van der Waals surface area contributed by atoms with Crippen LogP contribution in [0.3, 0.4) is 0 Å². The van der Waals surface area contributed by atoms with Gasteiger partial charge in [-0.25, -0.2) is 16.8 Å². The van der Waals surface area contributed by atoms with E-state index in [-0.39, 0.29) is 30.3 Å². The molecule has 0 N–H and O–H groups in total. The zero-order valence-electron chi connectivity index (χ0n) is 21.8. The van der Waals surface area contributed by atoms with E-state index in [9.17, 15) is 43.2 Å². The molecule has 0 aromatic heterocycles. The standard InChI is InChI=1S/C24H31P.C2F6NO4S2.Au/c1-4-12-20(13-5-1)23-18-10-11-19-24(23)25(21-14-6-2-7-15-21)22-16-8-3-9-17-22;3-1(4,5)14(10,11)9-15(12,13)2(6,7)8;/h1,4-5,10-13,18-19,21-22H,2-3,6-9,14-17H2;;/q;-1;+1. The third-order valence-corrected chi connectivity index (χ3v) is 13.3. The first-order valence-corrected chi connectivity index (χ1v) is 17.3. The van der Waals surface area contributed by atoms with E-state index < -0.39 is 31.1 Å². The predicted octanol–water partition coefficient (Wildman–Crippen LogP) is 8.18. The average molecular weight is 828 g/mol. The van der Waals surface area contributed by atoms with E-state index in [1.165, 1.54) is 75.3 Å². The van der Waals surface area contributed by atoms with Crippen LogP contribution in [0, 0.1) is 0 Å². The molecular weight excluding hydrogens is 796 g/mol. The molecule has 0 atom stereocenters. The topological polar surface area (TPSA) is 82.4 Å². The number of nitrogens with zero attached hydrogens (tertiary/aromatic N) is 1. The molecule has 2 saturated carbocycles. The smallest absolute Gasteiger partial charge is 0.421 e. The van der Waals surface area contributed by atoms with Crippen LogP contribution in [-0.2, 0) is 42.4 Å². The summed E-state index contributed by atoms with van der Waals surface area (Å²) in [6, 6.07) is 20.5. The van der Waals surface area contributed by atoms with E-state index in [0.717, 1.165) is 15.4 Å². The summed E-state index contributed by atoms with van der Waals surface area (Å²) in [6.07, 6.45) is 14.7. The van der Waals surface area contributed by atoms with Gasteiger partial charge in [0.15, 0.2) is 20.0 Å². The zero-order valence-corrected chi connectivity index (χ0v) is 26.5. The van der Waals surface area contributed by atoms with Gasteiger partial charge in [-0.2, -0.15) is 26.3 Å². The molecule has 0 radical (unpaired) electrons. The van der Waals surface area contributed by atoms with Gasteiger partial charge in [-0.05, 0) is 53.4 Å². The van der Waals surface area contributed by atoms with Gasteiger partial charge < -0.3 is 4.13 Å². The van der Waals surface area contributed by atoms with Crippen molar-refractivity contribution in [2.45, 2.75) is 86.5 Å². The van der Waals surface area contributed by atoms with Crippen molar-refractivity contribution in [3.63, 3.8) is 0 Å². The SMILES string of the molecule is O=S(=O)([N-]S(=O)(=O)C(F)(F)F)C(F)(F)F.[Au+].c1ccc(-c2ccccc2P(C2CCCCC2)C2CCCCC2)cc1. The Kier molecular flexibility index (Phi) is 13.4. The summed E-state index contributed by atoms with van der Waals surface area (Å²) in [6.45, 7) is 0. The first kappa shape index (κ1) is 36.2. The molecule has 0 spiro atoms. The van der Waals surface area contributed by atoms with Gasteiger partial charge in [-0.3, -0.25) is 0 Å². The molecular formula is C26H31AuF6NO4PS2. The Balaban J connectivity index is 0.000000320. The molecule has 0 saturated heterocycles. The van der Waals surface area contributed by atoms with Gasteiger partial charge in [0.1, 0.15) is 0 Å². The molecule has 2 fully saturated rings. The maximum atomic E-state index is 11.4. The third-order valence-electron chi connectivity index (χ3n) is 6.98. The second kappa shape index (κ2) is 15.2. The monoisotopic (exact) mass is 827 g/mol. The van der Waals surface area contributed by atoms with Crippen molar-refractivity contribution < 1.29 is 65.6 Å². The van der Waals surface area contributed by atoms with Gasteiger partial charge in [-0.15, -0.1) is 0 Å². The third kappa shape index (κ3) is 9.78. The Hall–Kier alpha value is -0.950. The first-order valence-electron chi connectivity index (χ1n) is 12.9. The van der Waals surface area contributed by atoms with E-state index >= 15 is 0 Å². The van der Waals surface area contributed by atoms with Crippen molar-refractivity contribution in [3.05, 3.63) is 58.7 Å². The van der Waals surface area contributed by atoms with Crippen LogP contribution in [0.15, 0.2) is 54.6 Å². The zero-order chi connectivity index (χ0) is 29.6. The number of rotatable bonds is 6. The summed E-state index contributed by atoms with van der Waals surface area (Å²) in [5, 5.41) is 1.71. The van der Waals surface area contributed by atoms with Crippen molar-refractivity contribution in [3.8, 4) is 11.1 Å². The van der Waals surface area contributed by atoms with Crippen LogP contribution in [0.5, 0.6) is 0 Å². The number of sulfonamides is 2. The summed E-state index contributed by atoms with van der Waals surface area (Å²) in [5.74, 6) is 0. The van der Waals surface area contributed by atoms with Crippen LogP contribution in [0.2, 0.25) is 0 Å². The molecule has 5 nitrogen and oxygen atoms in total. The summed E-state index contributed by atoms with van der Waals surface area (Å²) in [7, 11) is -13.5. The van der Waals surface area contributed by atoms with Gasteiger partial charge in [0.25, 0.3) is 0 Å². The molecule has 0 bridgehead atoms. The van der Waals surface area contributed by atoms with E-state index in [2.05, 4.69) is 54.6 Å². The second-order valence-electron chi connectivity index (χ2n) is 9.79. The number of alkyl halides is 6. The van der Waals surface area contributed by atoms with Gasteiger partial charge in [0.05, 0.1) is 0 Å². The predicted molar refractivity (Wildman–Crippen MR) is 145 cm³/mol. The van der Waals surface area contributed by atoms with Crippen LogP contribution in [-0.4, -0.2) is 39.2 Å². The fourth-order valence-corrected chi connectivity index (χ4v) is 10.9. The summed E-state index contributed by atoms with van der Waals surface area (Å²) < 4.78 is 109. The number of hydrogen-bond acceptors (Lipinski definition) is 4. The largest absolute Gasteiger partial charge is 1.00 e. The number of halogens is 6. The Labute approximate surface area is 254 Å². The van der Waals surface area contributed by atoms with Gasteiger partial charge in [0.2, 0.25) is 0 Å². The minimum atomic E-state index is -6.72. The van der Waals surface area contributed by atoms with E-state index in [4.69, 9.17) is 0 Å². The van der Waals surface area contributed by atoms with E-state index in [1.54, 1.807) is 5.30 Å². The Morgan fingerprint density at radius 1 is 0.610 bits per heavy atom. The molecule has 15 heteroatoms. The molecule has 0 unspecified atom stereocenters. The normalized spacial score (nSPS) is 17.8. The molecule has 41 heavy (non-hydrogen) atoms. The van der Waals surface area contributed by atoms with Crippen LogP contribution >= 0.6 is 7.92 Å². The maximum absolute atomic E-state index is 11.4. The average Bonchev–Trinajstić information content (AvgIpc) is 2.89. The molecule has 2 aliphatic rings. The van der Waals surface area contributed by atoms with Crippen molar-refractivity contribution >= 4 is 33.3 Å². The Bertz CT molecular complexity index is 1250. The quantitative estimate of drug-likeness (QED) is 0.167. The second-order valence-corrected chi connectivity index (χ2v) is 16.0. The minimum absolute atomic E-state index is 0. The van der Waals surface area contributed by atoms with Crippen LogP contribution in [0.1, 0.15) is 64.2 Å². The van der Waals surface area contributed by atoms with Crippen molar-refractivity contribution in [2.24, 2.45) is 0 Å². The first-order chi connectivity index (χ1) is 18.6. The van der Waals surface area contributed by atoms with Gasteiger partial charge >= 0.3 is 33.4 Å². The summed E-state index contributed by atoms with van der Waals surface area (Å²) >= 11 is 0. The summed E-state index contributed by atoms with van der Waals surface area (Å²) in [4.78, 5) is 0. The molecule has 2 aromatic carbocycles. The Morgan fingerprint density at radius 3 is 1.41 bits per heavy atom. The Morgan fingerprint density at radius 2 is 1.00 bits per heavy atom. The number of hydrogen-bond donors (Lipinski definition) is 0.